The lowest BCUT2D eigenvalue weighted by Gasteiger charge is -2.38. The number of carbonyl (C=O) groups excluding carboxylic acids is 1. The average Bonchev–Trinajstić information content (AvgIpc) is 2.37. The lowest BCUT2D eigenvalue weighted by molar-refractivity contribution is 0.00793. The summed E-state index contributed by atoms with van der Waals surface area (Å²) in [5.41, 5.74) is -0.435. The standard InChI is InChI=1S/C17H30N2O2/c1-6-7-11-18-14(2)13-15-10-8-9-12-19(15)16(20)21-17(3,4)5/h1,14-15,18H,7-13H2,2-5H3. The molecule has 21 heavy (non-hydrogen) atoms. The molecule has 1 saturated heterocycles. The van der Waals surface area contributed by atoms with E-state index in [1.54, 1.807) is 0 Å². The first-order chi connectivity index (χ1) is 9.83. The molecule has 4 heteroatoms. The molecule has 1 heterocycles. The molecule has 0 aromatic rings. The van der Waals surface area contributed by atoms with Crippen LogP contribution in [-0.4, -0.2) is 41.8 Å². The van der Waals surface area contributed by atoms with E-state index in [4.69, 9.17) is 11.2 Å². The summed E-state index contributed by atoms with van der Waals surface area (Å²) >= 11 is 0. The Balaban J connectivity index is 2.53. The number of piperidine rings is 1. The predicted octanol–water partition coefficient (Wildman–Crippen LogP) is 3.17. The highest BCUT2D eigenvalue weighted by atomic mass is 16.6. The van der Waals surface area contributed by atoms with Crippen LogP contribution in [0.4, 0.5) is 4.79 Å². The van der Waals surface area contributed by atoms with Crippen molar-refractivity contribution in [3.63, 3.8) is 0 Å². The van der Waals surface area contributed by atoms with Gasteiger partial charge in [0, 0.05) is 31.6 Å². The molecule has 120 valence electrons. The molecule has 2 unspecified atom stereocenters. The van der Waals surface area contributed by atoms with Crippen molar-refractivity contribution in [1.82, 2.24) is 10.2 Å². The number of hydrogen-bond acceptors (Lipinski definition) is 3. The Bertz CT molecular complexity index is 368. The summed E-state index contributed by atoms with van der Waals surface area (Å²) in [5, 5.41) is 3.42. The number of nitrogens with zero attached hydrogens (tertiary/aromatic N) is 1. The van der Waals surface area contributed by atoms with Gasteiger partial charge in [-0.2, -0.15) is 0 Å². The van der Waals surface area contributed by atoms with E-state index in [9.17, 15) is 4.79 Å². The molecule has 0 aliphatic carbocycles. The largest absolute Gasteiger partial charge is 0.444 e. The molecule has 1 N–H and O–H groups in total. The van der Waals surface area contributed by atoms with Crippen molar-refractivity contribution >= 4 is 6.09 Å². The topological polar surface area (TPSA) is 41.6 Å². The molecule has 0 bridgehead atoms. The van der Waals surface area contributed by atoms with E-state index in [1.807, 2.05) is 25.7 Å². The molecule has 1 rings (SSSR count). The van der Waals surface area contributed by atoms with E-state index in [0.717, 1.165) is 38.8 Å². The van der Waals surface area contributed by atoms with Gasteiger partial charge >= 0.3 is 6.09 Å². The van der Waals surface area contributed by atoms with Gasteiger partial charge in [-0.3, -0.25) is 0 Å². The second-order valence-corrected chi connectivity index (χ2v) is 6.87. The quantitative estimate of drug-likeness (QED) is 0.625. The Labute approximate surface area is 129 Å². The summed E-state index contributed by atoms with van der Waals surface area (Å²) in [5.74, 6) is 2.63. The number of rotatable bonds is 5. The molecule has 0 aromatic heterocycles. The third-order valence-electron chi connectivity index (χ3n) is 3.64. The first-order valence-corrected chi connectivity index (χ1v) is 8.00. The van der Waals surface area contributed by atoms with Gasteiger partial charge in [0.25, 0.3) is 0 Å². The summed E-state index contributed by atoms with van der Waals surface area (Å²) in [4.78, 5) is 14.2. The van der Waals surface area contributed by atoms with Crippen LogP contribution in [0, 0.1) is 12.3 Å². The first-order valence-electron chi connectivity index (χ1n) is 8.00. The highest BCUT2D eigenvalue weighted by molar-refractivity contribution is 5.68. The van der Waals surface area contributed by atoms with Crippen LogP contribution in [0.25, 0.3) is 0 Å². The molecular formula is C17H30N2O2. The molecule has 1 aliphatic heterocycles. The minimum absolute atomic E-state index is 0.178. The zero-order valence-electron chi connectivity index (χ0n) is 13.9. The highest BCUT2D eigenvalue weighted by Crippen LogP contribution is 2.23. The predicted molar refractivity (Wildman–Crippen MR) is 86.1 cm³/mol. The number of carbonyl (C=O) groups is 1. The van der Waals surface area contributed by atoms with E-state index >= 15 is 0 Å². The van der Waals surface area contributed by atoms with Crippen molar-refractivity contribution in [2.24, 2.45) is 0 Å². The molecule has 1 aliphatic rings. The maximum Gasteiger partial charge on any atom is 0.410 e. The minimum Gasteiger partial charge on any atom is -0.444 e. The smallest absolute Gasteiger partial charge is 0.410 e. The molecule has 4 nitrogen and oxygen atoms in total. The van der Waals surface area contributed by atoms with Crippen molar-refractivity contribution in [2.45, 2.75) is 77.5 Å². The van der Waals surface area contributed by atoms with Crippen LogP contribution < -0.4 is 5.32 Å². The number of amides is 1. The molecule has 0 aromatic carbocycles. The Kier molecular flexibility index (Phi) is 7.04. The molecular weight excluding hydrogens is 264 g/mol. The van der Waals surface area contributed by atoms with Crippen LogP contribution in [0.15, 0.2) is 0 Å². The fourth-order valence-corrected chi connectivity index (χ4v) is 2.69. The summed E-state index contributed by atoms with van der Waals surface area (Å²) in [6.07, 6.45) is 10.1. The minimum atomic E-state index is -0.435. The van der Waals surface area contributed by atoms with Gasteiger partial charge in [-0.15, -0.1) is 12.3 Å². The summed E-state index contributed by atoms with van der Waals surface area (Å²) in [6.45, 7) is 9.52. The number of nitrogens with one attached hydrogen (secondary N) is 1. The Morgan fingerprint density at radius 2 is 2.19 bits per heavy atom. The van der Waals surface area contributed by atoms with Crippen LogP contribution in [0.2, 0.25) is 0 Å². The van der Waals surface area contributed by atoms with E-state index in [2.05, 4.69) is 18.2 Å². The summed E-state index contributed by atoms with van der Waals surface area (Å²) in [7, 11) is 0. The van der Waals surface area contributed by atoms with Gasteiger partial charge < -0.3 is 15.0 Å². The zero-order chi connectivity index (χ0) is 15.9. The van der Waals surface area contributed by atoms with Crippen LogP contribution >= 0.6 is 0 Å². The van der Waals surface area contributed by atoms with Gasteiger partial charge in [0.1, 0.15) is 5.60 Å². The van der Waals surface area contributed by atoms with E-state index in [0.29, 0.717) is 6.04 Å². The lowest BCUT2D eigenvalue weighted by Crippen LogP contribution is -2.48. The zero-order valence-corrected chi connectivity index (χ0v) is 13.9. The first kappa shape index (κ1) is 17.8. The molecule has 0 saturated carbocycles. The van der Waals surface area contributed by atoms with Crippen LogP contribution in [0.1, 0.15) is 59.8 Å². The Hall–Kier alpha value is -1.21. The van der Waals surface area contributed by atoms with Gasteiger partial charge in [-0.05, 0) is 53.4 Å². The number of hydrogen-bond donors (Lipinski definition) is 1. The Morgan fingerprint density at radius 3 is 2.81 bits per heavy atom. The van der Waals surface area contributed by atoms with Crippen molar-refractivity contribution in [2.75, 3.05) is 13.1 Å². The van der Waals surface area contributed by atoms with Crippen molar-refractivity contribution in [3.05, 3.63) is 0 Å². The third-order valence-corrected chi connectivity index (χ3v) is 3.64. The van der Waals surface area contributed by atoms with Crippen molar-refractivity contribution in [1.29, 1.82) is 0 Å². The number of likely N-dealkylation sites (tertiary alicyclic amines) is 1. The normalized spacial score (nSPS) is 20.7. The van der Waals surface area contributed by atoms with Gasteiger partial charge in [0.2, 0.25) is 0 Å². The van der Waals surface area contributed by atoms with Crippen LogP contribution in [-0.2, 0) is 4.74 Å². The molecule has 1 amide bonds. The SMILES string of the molecule is C#CCCNC(C)CC1CCCCN1C(=O)OC(C)(C)C. The molecule has 0 radical (unpaired) electrons. The monoisotopic (exact) mass is 294 g/mol. The van der Waals surface area contributed by atoms with Gasteiger partial charge in [0.05, 0.1) is 0 Å². The fraction of sp³-hybridized carbons (Fsp3) is 0.824. The van der Waals surface area contributed by atoms with Gasteiger partial charge in [-0.1, -0.05) is 0 Å². The number of terminal acetylenes is 1. The molecule has 1 fully saturated rings. The maximum absolute atomic E-state index is 12.3. The summed E-state index contributed by atoms with van der Waals surface area (Å²) < 4.78 is 5.53. The average molecular weight is 294 g/mol. The van der Waals surface area contributed by atoms with Gasteiger partial charge in [0.15, 0.2) is 0 Å². The molecule has 2 atom stereocenters. The van der Waals surface area contributed by atoms with Gasteiger partial charge in [-0.25, -0.2) is 4.79 Å². The van der Waals surface area contributed by atoms with E-state index < -0.39 is 5.60 Å². The summed E-state index contributed by atoms with van der Waals surface area (Å²) in [6, 6.07) is 0.619. The second-order valence-electron chi connectivity index (χ2n) is 6.87. The lowest BCUT2D eigenvalue weighted by atomic mass is 9.96. The Morgan fingerprint density at radius 1 is 1.48 bits per heavy atom. The maximum atomic E-state index is 12.3. The number of ether oxygens (including phenoxy) is 1. The molecule has 0 spiro atoms. The fourth-order valence-electron chi connectivity index (χ4n) is 2.69. The van der Waals surface area contributed by atoms with E-state index in [1.165, 1.54) is 6.42 Å². The van der Waals surface area contributed by atoms with Crippen LogP contribution in [0.5, 0.6) is 0 Å². The van der Waals surface area contributed by atoms with Crippen LogP contribution in [0.3, 0.4) is 0 Å². The van der Waals surface area contributed by atoms with Crippen molar-refractivity contribution in [3.8, 4) is 12.3 Å². The highest BCUT2D eigenvalue weighted by Gasteiger charge is 2.31. The third kappa shape index (κ3) is 6.86. The van der Waals surface area contributed by atoms with Crippen molar-refractivity contribution < 1.29 is 9.53 Å². The van der Waals surface area contributed by atoms with E-state index in [-0.39, 0.29) is 12.1 Å². The second kappa shape index (κ2) is 8.29.